The van der Waals surface area contributed by atoms with E-state index in [4.69, 9.17) is 9.47 Å². The van der Waals surface area contributed by atoms with Gasteiger partial charge in [0.25, 0.3) is 0 Å². The van der Waals surface area contributed by atoms with Crippen molar-refractivity contribution in [2.45, 2.75) is 51.0 Å². The van der Waals surface area contributed by atoms with Crippen molar-refractivity contribution in [3.63, 3.8) is 0 Å². The highest BCUT2D eigenvalue weighted by Gasteiger charge is 2.48. The number of amides is 1. The standard InChI is InChI=1S/C14H23NO3/c16-13(18-10-11-2-1-3-11)15-12-4-5-14(12)6-8-17-9-7-14/h11-12H,1-10H2,(H,15,16). The van der Waals surface area contributed by atoms with E-state index in [2.05, 4.69) is 5.32 Å². The van der Waals surface area contributed by atoms with Crippen LogP contribution in [0.25, 0.3) is 0 Å². The van der Waals surface area contributed by atoms with E-state index in [0.29, 0.717) is 24.0 Å². The summed E-state index contributed by atoms with van der Waals surface area (Å²) >= 11 is 0. The Kier molecular flexibility index (Phi) is 3.46. The summed E-state index contributed by atoms with van der Waals surface area (Å²) < 4.78 is 10.7. The molecule has 0 aromatic rings. The first-order valence-electron chi connectivity index (χ1n) is 7.30. The summed E-state index contributed by atoms with van der Waals surface area (Å²) in [6, 6.07) is 0.315. The fourth-order valence-corrected chi connectivity index (χ4v) is 3.34. The number of rotatable bonds is 3. The first kappa shape index (κ1) is 12.3. The van der Waals surface area contributed by atoms with Gasteiger partial charge < -0.3 is 14.8 Å². The molecule has 2 aliphatic carbocycles. The van der Waals surface area contributed by atoms with Gasteiger partial charge in [0.2, 0.25) is 0 Å². The Balaban J connectivity index is 1.42. The van der Waals surface area contributed by atoms with Crippen LogP contribution in [-0.4, -0.2) is 32.0 Å². The minimum atomic E-state index is -0.211. The summed E-state index contributed by atoms with van der Waals surface area (Å²) in [6.07, 6.45) is 8.01. The Hall–Kier alpha value is -0.770. The van der Waals surface area contributed by atoms with Gasteiger partial charge in [-0.15, -0.1) is 0 Å². The smallest absolute Gasteiger partial charge is 0.407 e. The van der Waals surface area contributed by atoms with Crippen LogP contribution in [0.15, 0.2) is 0 Å². The maximum absolute atomic E-state index is 11.8. The van der Waals surface area contributed by atoms with E-state index in [-0.39, 0.29) is 6.09 Å². The van der Waals surface area contributed by atoms with E-state index in [0.717, 1.165) is 32.5 Å². The van der Waals surface area contributed by atoms with Crippen LogP contribution in [0.1, 0.15) is 44.9 Å². The lowest BCUT2D eigenvalue weighted by Crippen LogP contribution is -2.57. The minimum absolute atomic E-state index is 0.211. The van der Waals surface area contributed by atoms with Gasteiger partial charge in [0.05, 0.1) is 6.61 Å². The second kappa shape index (κ2) is 5.08. The number of carbonyl (C=O) groups is 1. The molecule has 0 aromatic heterocycles. The van der Waals surface area contributed by atoms with E-state index in [1.165, 1.54) is 25.7 Å². The third kappa shape index (κ3) is 2.35. The zero-order chi connectivity index (χ0) is 12.4. The molecule has 1 N–H and O–H groups in total. The molecule has 4 nitrogen and oxygen atoms in total. The Bertz CT molecular complexity index is 308. The van der Waals surface area contributed by atoms with Crippen LogP contribution in [0, 0.1) is 11.3 Å². The van der Waals surface area contributed by atoms with Crippen LogP contribution in [0.2, 0.25) is 0 Å². The summed E-state index contributed by atoms with van der Waals surface area (Å²) in [4.78, 5) is 11.8. The average molecular weight is 253 g/mol. The molecular weight excluding hydrogens is 230 g/mol. The normalized spacial score (nSPS) is 30.3. The molecule has 4 heteroatoms. The fraction of sp³-hybridized carbons (Fsp3) is 0.929. The number of ether oxygens (including phenoxy) is 2. The molecule has 1 unspecified atom stereocenters. The van der Waals surface area contributed by atoms with Crippen LogP contribution in [0.3, 0.4) is 0 Å². The van der Waals surface area contributed by atoms with E-state index < -0.39 is 0 Å². The van der Waals surface area contributed by atoms with Gasteiger partial charge in [0.1, 0.15) is 0 Å². The highest BCUT2D eigenvalue weighted by atomic mass is 16.5. The number of hydrogen-bond donors (Lipinski definition) is 1. The number of carbonyl (C=O) groups excluding carboxylic acids is 1. The van der Waals surface area contributed by atoms with Gasteiger partial charge >= 0.3 is 6.09 Å². The molecule has 3 aliphatic rings. The van der Waals surface area contributed by atoms with Gasteiger partial charge in [-0.3, -0.25) is 0 Å². The summed E-state index contributed by atoms with van der Waals surface area (Å²) in [5, 5.41) is 3.06. The Morgan fingerprint density at radius 3 is 2.56 bits per heavy atom. The maximum atomic E-state index is 11.8. The molecule has 0 bridgehead atoms. The zero-order valence-corrected chi connectivity index (χ0v) is 11.0. The molecule has 0 radical (unpaired) electrons. The molecule has 18 heavy (non-hydrogen) atoms. The topological polar surface area (TPSA) is 47.6 Å². The van der Waals surface area contributed by atoms with Crippen molar-refractivity contribution in [1.29, 1.82) is 0 Å². The molecule has 3 rings (SSSR count). The van der Waals surface area contributed by atoms with Crippen LogP contribution in [-0.2, 0) is 9.47 Å². The second-order valence-electron chi connectivity index (χ2n) is 6.11. The predicted molar refractivity (Wildman–Crippen MR) is 67.3 cm³/mol. The maximum Gasteiger partial charge on any atom is 0.407 e. The SMILES string of the molecule is O=C(NC1CCC12CCOCC2)OCC1CCC1. The van der Waals surface area contributed by atoms with Crippen molar-refractivity contribution in [3.8, 4) is 0 Å². The number of alkyl carbamates (subject to hydrolysis) is 1. The molecule has 3 fully saturated rings. The van der Waals surface area contributed by atoms with Crippen molar-refractivity contribution < 1.29 is 14.3 Å². The van der Waals surface area contributed by atoms with Crippen molar-refractivity contribution >= 4 is 6.09 Å². The predicted octanol–water partition coefficient (Wildman–Crippen LogP) is 2.47. The molecular formula is C14H23NO3. The highest BCUT2D eigenvalue weighted by Crippen LogP contribution is 2.48. The third-order valence-corrected chi connectivity index (χ3v) is 5.13. The van der Waals surface area contributed by atoms with E-state index in [1.54, 1.807) is 0 Å². The minimum Gasteiger partial charge on any atom is -0.449 e. The third-order valence-electron chi connectivity index (χ3n) is 5.13. The fourth-order valence-electron chi connectivity index (χ4n) is 3.34. The van der Waals surface area contributed by atoms with Gasteiger partial charge in [-0.05, 0) is 49.9 Å². The van der Waals surface area contributed by atoms with Crippen LogP contribution in [0.5, 0.6) is 0 Å². The first-order chi connectivity index (χ1) is 8.78. The summed E-state index contributed by atoms with van der Waals surface area (Å²) in [6.45, 7) is 2.29. The number of hydrogen-bond acceptors (Lipinski definition) is 3. The van der Waals surface area contributed by atoms with Crippen molar-refractivity contribution in [1.82, 2.24) is 5.32 Å². The first-order valence-corrected chi connectivity index (χ1v) is 7.30. The molecule has 0 aromatic carbocycles. The Morgan fingerprint density at radius 2 is 2.00 bits per heavy atom. The van der Waals surface area contributed by atoms with E-state index in [9.17, 15) is 4.79 Å². The average Bonchev–Trinajstić information content (AvgIpc) is 2.34. The lowest BCUT2D eigenvalue weighted by atomic mass is 9.60. The van der Waals surface area contributed by atoms with Crippen molar-refractivity contribution in [2.24, 2.45) is 11.3 Å². The molecule has 2 saturated carbocycles. The summed E-state index contributed by atoms with van der Waals surface area (Å²) in [5.74, 6) is 0.620. The number of nitrogens with one attached hydrogen (secondary N) is 1. The van der Waals surface area contributed by atoms with Gasteiger partial charge in [-0.1, -0.05) is 6.42 Å². The van der Waals surface area contributed by atoms with Crippen LogP contribution < -0.4 is 5.32 Å². The Labute approximate surface area is 108 Å². The zero-order valence-electron chi connectivity index (χ0n) is 11.0. The van der Waals surface area contributed by atoms with Crippen LogP contribution >= 0.6 is 0 Å². The molecule has 102 valence electrons. The van der Waals surface area contributed by atoms with Crippen molar-refractivity contribution in [3.05, 3.63) is 0 Å². The van der Waals surface area contributed by atoms with E-state index in [1.807, 2.05) is 0 Å². The van der Waals surface area contributed by atoms with E-state index >= 15 is 0 Å². The Morgan fingerprint density at radius 1 is 1.22 bits per heavy atom. The molecule has 1 aliphatic heterocycles. The highest BCUT2D eigenvalue weighted by molar-refractivity contribution is 5.68. The summed E-state index contributed by atoms with van der Waals surface area (Å²) in [7, 11) is 0. The van der Waals surface area contributed by atoms with Gasteiger partial charge in [0, 0.05) is 19.3 Å². The molecule has 1 spiro atoms. The lowest BCUT2D eigenvalue weighted by Gasteiger charge is -2.51. The monoisotopic (exact) mass is 253 g/mol. The lowest BCUT2D eigenvalue weighted by molar-refractivity contribution is -0.0542. The van der Waals surface area contributed by atoms with Gasteiger partial charge in [0.15, 0.2) is 0 Å². The second-order valence-corrected chi connectivity index (χ2v) is 6.11. The van der Waals surface area contributed by atoms with Crippen molar-refractivity contribution in [2.75, 3.05) is 19.8 Å². The van der Waals surface area contributed by atoms with Gasteiger partial charge in [-0.2, -0.15) is 0 Å². The van der Waals surface area contributed by atoms with Crippen LogP contribution in [0.4, 0.5) is 4.79 Å². The quantitative estimate of drug-likeness (QED) is 0.840. The van der Waals surface area contributed by atoms with Gasteiger partial charge in [-0.25, -0.2) is 4.79 Å². The molecule has 1 amide bonds. The molecule has 1 atom stereocenters. The molecule has 1 saturated heterocycles. The summed E-state index contributed by atoms with van der Waals surface area (Å²) in [5.41, 5.74) is 0.313. The largest absolute Gasteiger partial charge is 0.449 e. The molecule has 1 heterocycles.